The number of nitrogens with zero attached hydrogens (tertiary/aromatic N) is 3. The summed E-state index contributed by atoms with van der Waals surface area (Å²) in [5.41, 5.74) is 8.85. The minimum absolute atomic E-state index is 0.126. The fourth-order valence-electron chi connectivity index (χ4n) is 2.22. The lowest BCUT2D eigenvalue weighted by atomic mass is 10.1. The highest BCUT2D eigenvalue weighted by Crippen LogP contribution is 2.22. The molecule has 0 aliphatic rings. The first-order valence-corrected chi connectivity index (χ1v) is 6.39. The second-order valence-corrected chi connectivity index (χ2v) is 5.34. The molecule has 2 heterocycles. The van der Waals surface area contributed by atoms with E-state index < -0.39 is 0 Å². The van der Waals surface area contributed by atoms with Crippen LogP contribution in [-0.2, 0) is 13.6 Å². The van der Waals surface area contributed by atoms with Crippen molar-refractivity contribution in [1.29, 1.82) is 0 Å². The van der Waals surface area contributed by atoms with Gasteiger partial charge in [-0.1, -0.05) is 13.8 Å². The van der Waals surface area contributed by atoms with E-state index in [9.17, 15) is 4.79 Å². The average molecular weight is 260 g/mol. The van der Waals surface area contributed by atoms with Gasteiger partial charge in [-0.2, -0.15) is 5.10 Å². The van der Waals surface area contributed by atoms with Crippen molar-refractivity contribution in [2.24, 2.45) is 13.0 Å². The summed E-state index contributed by atoms with van der Waals surface area (Å²) in [5.74, 6) is 0.391. The van der Waals surface area contributed by atoms with Crippen molar-refractivity contribution in [2.75, 3.05) is 5.73 Å². The molecule has 102 valence electrons. The monoisotopic (exact) mass is 260 g/mol. The van der Waals surface area contributed by atoms with Gasteiger partial charge in [0, 0.05) is 37.1 Å². The molecule has 5 nitrogen and oxygen atoms in total. The van der Waals surface area contributed by atoms with E-state index in [1.807, 2.05) is 26.4 Å². The van der Waals surface area contributed by atoms with Gasteiger partial charge in [0.2, 0.25) is 0 Å². The van der Waals surface area contributed by atoms with Crippen LogP contribution < -0.4 is 11.3 Å². The van der Waals surface area contributed by atoms with Crippen LogP contribution in [0.15, 0.2) is 23.3 Å². The van der Waals surface area contributed by atoms with Gasteiger partial charge in [-0.3, -0.25) is 9.48 Å². The minimum Gasteiger partial charge on any atom is -0.394 e. The highest BCUT2D eigenvalue weighted by Gasteiger charge is 2.11. The quantitative estimate of drug-likeness (QED) is 0.915. The Labute approximate surface area is 112 Å². The summed E-state index contributed by atoms with van der Waals surface area (Å²) in [4.78, 5) is 12.0. The van der Waals surface area contributed by atoms with E-state index in [-0.39, 0.29) is 11.2 Å². The molecule has 2 aromatic heterocycles. The fourth-order valence-corrected chi connectivity index (χ4v) is 2.22. The molecule has 2 aromatic rings. The van der Waals surface area contributed by atoms with E-state index in [1.54, 1.807) is 15.3 Å². The molecular weight excluding hydrogens is 240 g/mol. The third-order valence-electron chi connectivity index (χ3n) is 3.00. The van der Waals surface area contributed by atoms with Crippen LogP contribution in [0.1, 0.15) is 19.5 Å². The van der Waals surface area contributed by atoms with Gasteiger partial charge >= 0.3 is 0 Å². The van der Waals surface area contributed by atoms with Crippen molar-refractivity contribution in [3.8, 4) is 11.1 Å². The molecule has 0 bridgehead atoms. The van der Waals surface area contributed by atoms with Crippen molar-refractivity contribution in [3.05, 3.63) is 34.5 Å². The lowest BCUT2D eigenvalue weighted by molar-refractivity contribution is 0.512. The standard InChI is InChI=1S/C14H20N4O/c1-9(2)6-18-7-11(5-13(15)14(18)19)12-8-17(4)16-10(12)3/h5,7-9H,6,15H2,1-4H3. The van der Waals surface area contributed by atoms with Gasteiger partial charge in [-0.15, -0.1) is 0 Å². The summed E-state index contributed by atoms with van der Waals surface area (Å²) in [6.45, 7) is 6.76. The van der Waals surface area contributed by atoms with Crippen LogP contribution in [0.2, 0.25) is 0 Å². The largest absolute Gasteiger partial charge is 0.394 e. The molecule has 0 amide bonds. The van der Waals surface area contributed by atoms with E-state index in [4.69, 9.17) is 5.73 Å². The van der Waals surface area contributed by atoms with Crippen molar-refractivity contribution in [2.45, 2.75) is 27.3 Å². The number of pyridine rings is 1. The molecule has 0 fully saturated rings. The number of nitrogens with two attached hydrogens (primary N) is 1. The molecular formula is C14H20N4O. The normalized spacial score (nSPS) is 11.2. The predicted octanol–water partition coefficient (Wildman–Crippen LogP) is 1.80. The topological polar surface area (TPSA) is 65.8 Å². The first-order chi connectivity index (χ1) is 8.88. The molecule has 0 aromatic carbocycles. The first-order valence-electron chi connectivity index (χ1n) is 6.39. The summed E-state index contributed by atoms with van der Waals surface area (Å²) in [6, 6.07) is 1.73. The van der Waals surface area contributed by atoms with Crippen LogP contribution in [-0.4, -0.2) is 14.3 Å². The zero-order valence-corrected chi connectivity index (χ0v) is 11.8. The number of rotatable bonds is 3. The number of aryl methyl sites for hydroxylation is 2. The second kappa shape index (κ2) is 4.91. The van der Waals surface area contributed by atoms with Gasteiger partial charge in [0.15, 0.2) is 0 Å². The maximum atomic E-state index is 12.0. The SMILES string of the molecule is Cc1nn(C)cc1-c1cc(N)c(=O)n(CC(C)C)c1. The Kier molecular flexibility index (Phi) is 3.46. The first kappa shape index (κ1) is 13.4. The summed E-state index contributed by atoms with van der Waals surface area (Å²) in [5, 5.41) is 4.32. The summed E-state index contributed by atoms with van der Waals surface area (Å²) >= 11 is 0. The number of anilines is 1. The third kappa shape index (κ3) is 2.70. The lowest BCUT2D eigenvalue weighted by Gasteiger charge is -2.11. The van der Waals surface area contributed by atoms with Crippen LogP contribution in [0.4, 0.5) is 5.69 Å². The van der Waals surface area contributed by atoms with Crippen LogP contribution in [0.3, 0.4) is 0 Å². The highest BCUT2D eigenvalue weighted by atomic mass is 16.1. The van der Waals surface area contributed by atoms with E-state index in [0.29, 0.717) is 12.5 Å². The van der Waals surface area contributed by atoms with E-state index >= 15 is 0 Å². The van der Waals surface area contributed by atoms with E-state index in [2.05, 4.69) is 18.9 Å². The summed E-state index contributed by atoms with van der Waals surface area (Å²) in [7, 11) is 1.88. The van der Waals surface area contributed by atoms with Gasteiger partial charge < -0.3 is 10.3 Å². The minimum atomic E-state index is -0.126. The van der Waals surface area contributed by atoms with Gasteiger partial charge in [0.25, 0.3) is 5.56 Å². The van der Waals surface area contributed by atoms with E-state index in [0.717, 1.165) is 16.8 Å². The van der Waals surface area contributed by atoms with Crippen LogP contribution in [0.25, 0.3) is 11.1 Å². The highest BCUT2D eigenvalue weighted by molar-refractivity contribution is 5.67. The molecule has 0 aliphatic heterocycles. The molecule has 5 heteroatoms. The molecule has 0 radical (unpaired) electrons. The summed E-state index contributed by atoms with van der Waals surface area (Å²) in [6.07, 6.45) is 3.80. The van der Waals surface area contributed by atoms with Crippen LogP contribution in [0, 0.1) is 12.8 Å². The molecule has 0 atom stereocenters. The van der Waals surface area contributed by atoms with Gasteiger partial charge in [-0.05, 0) is 18.9 Å². The molecule has 0 unspecified atom stereocenters. The van der Waals surface area contributed by atoms with Crippen molar-refractivity contribution in [1.82, 2.24) is 14.3 Å². The Morgan fingerprint density at radius 1 is 1.37 bits per heavy atom. The molecule has 0 saturated carbocycles. The molecule has 2 rings (SSSR count). The second-order valence-electron chi connectivity index (χ2n) is 5.34. The Hall–Kier alpha value is -2.04. The van der Waals surface area contributed by atoms with Gasteiger partial charge in [-0.25, -0.2) is 0 Å². The smallest absolute Gasteiger partial charge is 0.273 e. The Morgan fingerprint density at radius 3 is 2.58 bits per heavy atom. The fraction of sp³-hybridized carbons (Fsp3) is 0.429. The Morgan fingerprint density at radius 2 is 2.05 bits per heavy atom. The van der Waals surface area contributed by atoms with Crippen LogP contribution in [0.5, 0.6) is 0 Å². The maximum Gasteiger partial charge on any atom is 0.273 e. The number of hydrogen-bond donors (Lipinski definition) is 1. The molecule has 2 N–H and O–H groups in total. The Balaban J connectivity index is 2.56. The zero-order chi connectivity index (χ0) is 14.2. The van der Waals surface area contributed by atoms with Gasteiger partial charge in [0.05, 0.1) is 11.4 Å². The molecule has 0 saturated heterocycles. The zero-order valence-electron chi connectivity index (χ0n) is 11.8. The van der Waals surface area contributed by atoms with Crippen molar-refractivity contribution in [3.63, 3.8) is 0 Å². The van der Waals surface area contributed by atoms with Gasteiger partial charge in [0.1, 0.15) is 0 Å². The number of aromatic nitrogens is 3. The summed E-state index contributed by atoms with van der Waals surface area (Å²) < 4.78 is 3.44. The van der Waals surface area contributed by atoms with Crippen molar-refractivity contribution < 1.29 is 0 Å². The van der Waals surface area contributed by atoms with Crippen molar-refractivity contribution >= 4 is 5.69 Å². The number of nitrogen functional groups attached to an aromatic ring is 1. The Bertz CT molecular complexity index is 652. The maximum absolute atomic E-state index is 12.0. The third-order valence-corrected chi connectivity index (χ3v) is 3.00. The lowest BCUT2D eigenvalue weighted by Crippen LogP contribution is -2.24. The molecule has 0 aliphatic carbocycles. The van der Waals surface area contributed by atoms with Crippen LogP contribution >= 0.6 is 0 Å². The molecule has 0 spiro atoms. The average Bonchev–Trinajstić information content (AvgIpc) is 2.63. The molecule has 19 heavy (non-hydrogen) atoms. The van der Waals surface area contributed by atoms with E-state index in [1.165, 1.54) is 0 Å². The predicted molar refractivity (Wildman–Crippen MR) is 76.9 cm³/mol. The number of hydrogen-bond acceptors (Lipinski definition) is 3.